The van der Waals surface area contributed by atoms with Gasteiger partial charge in [0.05, 0.1) is 18.1 Å². The number of urea groups is 1. The van der Waals surface area contributed by atoms with Gasteiger partial charge in [0.25, 0.3) is 0 Å². The largest absolute Gasteiger partial charge is 0.339 e. The summed E-state index contributed by atoms with van der Waals surface area (Å²) in [5.74, 6) is 0.707. The lowest BCUT2D eigenvalue weighted by molar-refractivity contribution is 0.252. The van der Waals surface area contributed by atoms with E-state index >= 15 is 0 Å². The first kappa shape index (κ1) is 18.5. The summed E-state index contributed by atoms with van der Waals surface area (Å²) in [6, 6.07) is 20.1. The van der Waals surface area contributed by atoms with Crippen LogP contribution in [0.15, 0.2) is 90.4 Å². The fourth-order valence-electron chi connectivity index (χ4n) is 2.78. The zero-order chi connectivity index (χ0) is 20.1. The number of halogens is 1. The van der Waals surface area contributed by atoms with Crippen molar-refractivity contribution in [3.63, 3.8) is 0 Å². The standard InChI is InChI=1S/C21H17ClN6O/c22-17-10-8-16(9-11-17)14-23-26-21(29)25-19-15-24-28(18-6-2-1-3-7-18)20(19)27-12-4-5-13-27/h1-15H,(H2,25,26,29). The molecule has 7 nitrogen and oxygen atoms in total. The first-order valence-corrected chi connectivity index (χ1v) is 9.21. The van der Waals surface area contributed by atoms with Gasteiger partial charge in [-0.15, -0.1) is 0 Å². The molecule has 0 aliphatic carbocycles. The number of anilines is 1. The Morgan fingerprint density at radius 1 is 1.00 bits per heavy atom. The third kappa shape index (κ3) is 4.36. The maximum atomic E-state index is 12.3. The molecule has 4 aromatic rings. The van der Waals surface area contributed by atoms with Crippen molar-refractivity contribution in [2.75, 3.05) is 5.32 Å². The molecule has 0 fully saturated rings. The summed E-state index contributed by atoms with van der Waals surface area (Å²) >= 11 is 5.86. The zero-order valence-corrected chi connectivity index (χ0v) is 16.0. The van der Waals surface area contributed by atoms with E-state index in [1.54, 1.807) is 35.1 Å². The highest BCUT2D eigenvalue weighted by molar-refractivity contribution is 6.30. The molecule has 2 N–H and O–H groups in total. The minimum atomic E-state index is -0.476. The number of aromatic nitrogens is 3. The Labute approximate surface area is 172 Å². The quantitative estimate of drug-likeness (QED) is 0.380. The van der Waals surface area contributed by atoms with Gasteiger partial charge >= 0.3 is 6.03 Å². The van der Waals surface area contributed by atoms with E-state index in [0.717, 1.165) is 11.3 Å². The van der Waals surface area contributed by atoms with Gasteiger partial charge in [0, 0.05) is 17.4 Å². The summed E-state index contributed by atoms with van der Waals surface area (Å²) in [6.07, 6.45) is 6.91. The number of carbonyl (C=O) groups is 1. The van der Waals surface area contributed by atoms with Crippen molar-refractivity contribution in [1.82, 2.24) is 19.8 Å². The number of amides is 2. The molecule has 0 spiro atoms. The summed E-state index contributed by atoms with van der Waals surface area (Å²) in [6.45, 7) is 0. The number of para-hydroxylation sites is 1. The van der Waals surface area contributed by atoms with Crippen molar-refractivity contribution in [2.24, 2.45) is 5.10 Å². The molecule has 2 aromatic carbocycles. The molecule has 0 bridgehead atoms. The minimum Gasteiger partial charge on any atom is -0.307 e. The van der Waals surface area contributed by atoms with E-state index in [9.17, 15) is 4.79 Å². The molecule has 4 rings (SSSR count). The molecule has 0 aliphatic rings. The van der Waals surface area contributed by atoms with E-state index < -0.39 is 6.03 Å². The summed E-state index contributed by atoms with van der Waals surface area (Å²) in [7, 11) is 0. The summed E-state index contributed by atoms with van der Waals surface area (Å²) in [5.41, 5.74) is 4.70. The van der Waals surface area contributed by atoms with Gasteiger partial charge in [-0.05, 0) is 42.0 Å². The Bertz CT molecular complexity index is 1120. The predicted molar refractivity (Wildman–Crippen MR) is 114 cm³/mol. The van der Waals surface area contributed by atoms with E-state index in [2.05, 4.69) is 20.9 Å². The Kier molecular flexibility index (Phi) is 5.40. The Hall–Kier alpha value is -3.84. The number of benzene rings is 2. The van der Waals surface area contributed by atoms with Crippen molar-refractivity contribution in [2.45, 2.75) is 0 Å². The van der Waals surface area contributed by atoms with Crippen molar-refractivity contribution in [1.29, 1.82) is 0 Å². The molecule has 0 atom stereocenters. The second kappa shape index (κ2) is 8.45. The van der Waals surface area contributed by atoms with Gasteiger partial charge in [-0.25, -0.2) is 14.9 Å². The van der Waals surface area contributed by atoms with Crippen LogP contribution >= 0.6 is 11.6 Å². The molecular formula is C21H17ClN6O. The lowest BCUT2D eigenvalue weighted by Crippen LogP contribution is -2.24. The molecule has 0 saturated heterocycles. The lowest BCUT2D eigenvalue weighted by atomic mass is 10.2. The lowest BCUT2D eigenvalue weighted by Gasteiger charge is -2.11. The zero-order valence-electron chi connectivity index (χ0n) is 15.2. The van der Waals surface area contributed by atoms with Crippen LogP contribution < -0.4 is 10.7 Å². The SMILES string of the molecule is O=C(NN=Cc1ccc(Cl)cc1)Nc1cnn(-c2ccccc2)c1-n1cccc1. The van der Waals surface area contributed by atoms with Gasteiger partial charge in [-0.3, -0.25) is 0 Å². The number of hydrogen-bond acceptors (Lipinski definition) is 3. The highest BCUT2D eigenvalue weighted by atomic mass is 35.5. The van der Waals surface area contributed by atoms with Crippen LogP contribution in [0.3, 0.4) is 0 Å². The van der Waals surface area contributed by atoms with Crippen molar-refractivity contribution < 1.29 is 4.79 Å². The molecule has 0 saturated carbocycles. The highest BCUT2D eigenvalue weighted by Gasteiger charge is 2.15. The van der Waals surface area contributed by atoms with Gasteiger partial charge in [0.1, 0.15) is 5.69 Å². The minimum absolute atomic E-state index is 0.476. The second-order valence-corrected chi connectivity index (χ2v) is 6.53. The molecule has 2 amide bonds. The summed E-state index contributed by atoms with van der Waals surface area (Å²) in [4.78, 5) is 12.3. The van der Waals surface area contributed by atoms with Crippen LogP contribution in [0, 0.1) is 0 Å². The number of hydrogen-bond donors (Lipinski definition) is 2. The maximum Gasteiger partial charge on any atom is 0.339 e. The van der Waals surface area contributed by atoms with E-state index in [1.807, 2.05) is 59.4 Å². The molecule has 0 unspecified atom stereocenters. The number of rotatable bonds is 5. The van der Waals surface area contributed by atoms with Crippen LogP contribution in [-0.2, 0) is 0 Å². The first-order chi connectivity index (χ1) is 14.2. The molecule has 2 heterocycles. The molecule has 0 aliphatic heterocycles. The van der Waals surface area contributed by atoms with Gasteiger partial charge in [-0.1, -0.05) is 41.9 Å². The van der Waals surface area contributed by atoms with E-state index in [0.29, 0.717) is 16.5 Å². The Balaban J connectivity index is 1.53. The Morgan fingerprint density at radius 2 is 1.72 bits per heavy atom. The average molecular weight is 405 g/mol. The smallest absolute Gasteiger partial charge is 0.307 e. The van der Waals surface area contributed by atoms with Crippen LogP contribution in [0.5, 0.6) is 0 Å². The molecule has 0 radical (unpaired) electrons. The van der Waals surface area contributed by atoms with E-state index in [4.69, 9.17) is 11.6 Å². The number of nitrogens with zero attached hydrogens (tertiary/aromatic N) is 4. The molecular weight excluding hydrogens is 388 g/mol. The monoisotopic (exact) mass is 404 g/mol. The van der Waals surface area contributed by atoms with Crippen molar-refractivity contribution in [3.05, 3.63) is 95.9 Å². The molecule has 29 heavy (non-hydrogen) atoms. The van der Waals surface area contributed by atoms with Gasteiger partial charge < -0.3 is 9.88 Å². The fourth-order valence-corrected chi connectivity index (χ4v) is 2.90. The summed E-state index contributed by atoms with van der Waals surface area (Å²) in [5, 5.41) is 11.8. The summed E-state index contributed by atoms with van der Waals surface area (Å²) < 4.78 is 3.64. The third-order valence-corrected chi connectivity index (χ3v) is 4.34. The Morgan fingerprint density at radius 3 is 2.45 bits per heavy atom. The first-order valence-electron chi connectivity index (χ1n) is 8.83. The van der Waals surface area contributed by atoms with Crippen LogP contribution in [0.25, 0.3) is 11.5 Å². The van der Waals surface area contributed by atoms with Gasteiger partial charge in [-0.2, -0.15) is 10.2 Å². The molecule has 144 valence electrons. The topological polar surface area (TPSA) is 76.2 Å². The fraction of sp³-hybridized carbons (Fsp3) is 0. The van der Waals surface area contributed by atoms with Crippen LogP contribution in [0.2, 0.25) is 5.02 Å². The average Bonchev–Trinajstić information content (AvgIpc) is 3.40. The van der Waals surface area contributed by atoms with Crippen LogP contribution in [0.1, 0.15) is 5.56 Å². The van der Waals surface area contributed by atoms with E-state index in [1.165, 1.54) is 6.21 Å². The number of hydrazone groups is 1. The molecule has 2 aromatic heterocycles. The van der Waals surface area contributed by atoms with Gasteiger partial charge in [0.15, 0.2) is 5.82 Å². The normalized spacial score (nSPS) is 10.9. The van der Waals surface area contributed by atoms with Crippen molar-refractivity contribution >= 4 is 29.5 Å². The van der Waals surface area contributed by atoms with Crippen LogP contribution in [-0.4, -0.2) is 26.6 Å². The molecule has 8 heteroatoms. The van der Waals surface area contributed by atoms with E-state index in [-0.39, 0.29) is 0 Å². The van der Waals surface area contributed by atoms with Crippen molar-refractivity contribution in [3.8, 4) is 11.5 Å². The highest BCUT2D eigenvalue weighted by Crippen LogP contribution is 2.23. The number of nitrogens with one attached hydrogen (secondary N) is 2. The third-order valence-electron chi connectivity index (χ3n) is 4.09. The predicted octanol–water partition coefficient (Wildman–Crippen LogP) is 4.47. The van der Waals surface area contributed by atoms with Gasteiger partial charge in [0.2, 0.25) is 0 Å². The van der Waals surface area contributed by atoms with Crippen LogP contribution in [0.4, 0.5) is 10.5 Å². The second-order valence-electron chi connectivity index (χ2n) is 6.10. The number of carbonyl (C=O) groups excluding carboxylic acids is 1. The maximum absolute atomic E-state index is 12.3.